The highest BCUT2D eigenvalue weighted by Gasteiger charge is 2.47. The van der Waals surface area contributed by atoms with Crippen LogP contribution in [0, 0.1) is 17.8 Å². The van der Waals surface area contributed by atoms with E-state index in [9.17, 15) is 9.59 Å². The van der Waals surface area contributed by atoms with Crippen molar-refractivity contribution in [2.24, 2.45) is 17.8 Å². The maximum absolute atomic E-state index is 11.5. The second kappa shape index (κ2) is 4.44. The van der Waals surface area contributed by atoms with Crippen molar-refractivity contribution in [2.45, 2.75) is 38.7 Å². The molecule has 2 bridgehead atoms. The van der Waals surface area contributed by atoms with Crippen LogP contribution in [0.3, 0.4) is 0 Å². The number of hydrogen-bond donors (Lipinski definition) is 0. The van der Waals surface area contributed by atoms with Gasteiger partial charge in [0.2, 0.25) is 0 Å². The molecule has 2 saturated carbocycles. The van der Waals surface area contributed by atoms with E-state index in [2.05, 4.69) is 11.7 Å². The molecule has 2 aliphatic rings. The molecular weight excluding hydrogens is 208 g/mol. The summed E-state index contributed by atoms with van der Waals surface area (Å²) in [5.41, 5.74) is 0. The Hall–Kier alpha value is -1.06. The summed E-state index contributed by atoms with van der Waals surface area (Å²) in [5, 5.41) is 0. The van der Waals surface area contributed by atoms with Gasteiger partial charge in [0.1, 0.15) is 12.5 Å². The molecule has 2 aliphatic carbocycles. The Balaban J connectivity index is 1.86. The Kier molecular flexibility index (Phi) is 3.17. The normalized spacial score (nSPS) is 36.1. The summed E-state index contributed by atoms with van der Waals surface area (Å²) in [7, 11) is 1.27. The third kappa shape index (κ3) is 2.06. The van der Waals surface area contributed by atoms with Crippen molar-refractivity contribution >= 4 is 11.9 Å². The molecule has 0 aromatic heterocycles. The fraction of sp³-hybridized carbons (Fsp3) is 0.833. The van der Waals surface area contributed by atoms with Gasteiger partial charge in [0.05, 0.1) is 7.11 Å². The average molecular weight is 226 g/mol. The highest BCUT2D eigenvalue weighted by molar-refractivity contribution is 5.91. The van der Waals surface area contributed by atoms with Gasteiger partial charge in [-0.05, 0) is 37.0 Å². The second-order valence-corrected chi connectivity index (χ2v) is 4.90. The van der Waals surface area contributed by atoms with Crippen LogP contribution >= 0.6 is 0 Å². The van der Waals surface area contributed by atoms with Gasteiger partial charge < -0.3 is 9.47 Å². The minimum Gasteiger partial charge on any atom is -0.469 e. The van der Waals surface area contributed by atoms with Crippen LogP contribution in [0.4, 0.5) is 0 Å². The topological polar surface area (TPSA) is 52.6 Å². The quantitative estimate of drug-likeness (QED) is 0.541. The van der Waals surface area contributed by atoms with Gasteiger partial charge in [0.15, 0.2) is 0 Å². The van der Waals surface area contributed by atoms with Gasteiger partial charge in [-0.15, -0.1) is 0 Å². The van der Waals surface area contributed by atoms with Crippen molar-refractivity contribution in [1.29, 1.82) is 0 Å². The zero-order valence-electron chi connectivity index (χ0n) is 9.77. The molecule has 0 aromatic rings. The monoisotopic (exact) mass is 226 g/mol. The van der Waals surface area contributed by atoms with E-state index in [1.54, 1.807) is 0 Å². The molecule has 16 heavy (non-hydrogen) atoms. The number of methoxy groups -OCH3 is 1. The van der Waals surface area contributed by atoms with Crippen LogP contribution < -0.4 is 0 Å². The molecule has 0 heterocycles. The van der Waals surface area contributed by atoms with Crippen molar-refractivity contribution in [3.63, 3.8) is 0 Å². The summed E-state index contributed by atoms with van der Waals surface area (Å²) in [6.45, 7) is 2.14. The molecule has 0 saturated heterocycles. The molecule has 4 nitrogen and oxygen atoms in total. The Morgan fingerprint density at radius 2 is 1.88 bits per heavy atom. The van der Waals surface area contributed by atoms with E-state index in [4.69, 9.17) is 4.74 Å². The van der Waals surface area contributed by atoms with Crippen LogP contribution in [-0.2, 0) is 19.1 Å². The van der Waals surface area contributed by atoms with Crippen LogP contribution in [0.15, 0.2) is 0 Å². The second-order valence-electron chi connectivity index (χ2n) is 4.90. The summed E-state index contributed by atoms with van der Waals surface area (Å²) >= 11 is 0. The van der Waals surface area contributed by atoms with Gasteiger partial charge in [0, 0.05) is 0 Å². The standard InChI is InChI=1S/C12H18O4/c1-7-8-3-4-9(5-8)12(7)16-11(14)6-10(13)15-2/h7-9,12H,3-6H2,1-2H3. The van der Waals surface area contributed by atoms with Crippen molar-refractivity contribution < 1.29 is 19.1 Å². The molecule has 2 fully saturated rings. The number of hydrogen-bond acceptors (Lipinski definition) is 4. The van der Waals surface area contributed by atoms with Crippen LogP contribution in [-0.4, -0.2) is 25.2 Å². The lowest BCUT2D eigenvalue weighted by Gasteiger charge is -2.27. The van der Waals surface area contributed by atoms with Crippen LogP contribution in [0.5, 0.6) is 0 Å². The van der Waals surface area contributed by atoms with Gasteiger partial charge >= 0.3 is 11.9 Å². The van der Waals surface area contributed by atoms with E-state index >= 15 is 0 Å². The van der Waals surface area contributed by atoms with Gasteiger partial charge in [-0.2, -0.15) is 0 Å². The lowest BCUT2D eigenvalue weighted by atomic mass is 9.88. The first-order chi connectivity index (χ1) is 7.61. The number of fused-ring (bicyclic) bond motifs is 2. The minimum atomic E-state index is -0.527. The van der Waals surface area contributed by atoms with Crippen LogP contribution in [0.2, 0.25) is 0 Å². The molecular formula is C12H18O4. The first-order valence-electron chi connectivity index (χ1n) is 5.88. The van der Waals surface area contributed by atoms with Gasteiger partial charge in [0.25, 0.3) is 0 Å². The fourth-order valence-corrected chi connectivity index (χ4v) is 3.11. The van der Waals surface area contributed by atoms with Crippen molar-refractivity contribution in [1.82, 2.24) is 0 Å². The summed E-state index contributed by atoms with van der Waals surface area (Å²) < 4.78 is 9.82. The number of carbonyl (C=O) groups is 2. The van der Waals surface area contributed by atoms with E-state index in [0.717, 1.165) is 6.42 Å². The van der Waals surface area contributed by atoms with E-state index in [1.807, 2.05) is 0 Å². The highest BCUT2D eigenvalue weighted by atomic mass is 16.6. The lowest BCUT2D eigenvalue weighted by Crippen LogP contribution is -2.31. The number of rotatable bonds is 3. The fourth-order valence-electron chi connectivity index (χ4n) is 3.11. The minimum absolute atomic E-state index is 0.0240. The molecule has 0 N–H and O–H groups in total. The maximum atomic E-state index is 11.5. The lowest BCUT2D eigenvalue weighted by molar-refractivity contribution is -0.160. The predicted molar refractivity (Wildman–Crippen MR) is 56.5 cm³/mol. The van der Waals surface area contributed by atoms with Gasteiger partial charge in [-0.1, -0.05) is 6.92 Å². The molecule has 0 radical (unpaired) electrons. The summed E-state index contributed by atoms with van der Waals surface area (Å²) in [6, 6.07) is 0. The predicted octanol–water partition coefficient (Wildman–Crippen LogP) is 1.53. The zero-order chi connectivity index (χ0) is 11.7. The first kappa shape index (κ1) is 11.4. The third-order valence-corrected chi connectivity index (χ3v) is 4.02. The van der Waals surface area contributed by atoms with Crippen LogP contribution in [0.1, 0.15) is 32.6 Å². The molecule has 90 valence electrons. The van der Waals surface area contributed by atoms with Crippen molar-refractivity contribution in [2.75, 3.05) is 7.11 Å². The van der Waals surface area contributed by atoms with E-state index in [-0.39, 0.29) is 12.5 Å². The van der Waals surface area contributed by atoms with E-state index in [0.29, 0.717) is 17.8 Å². The number of carbonyl (C=O) groups excluding carboxylic acids is 2. The number of esters is 2. The molecule has 4 unspecified atom stereocenters. The molecule has 4 atom stereocenters. The molecule has 4 heteroatoms. The average Bonchev–Trinajstić information content (AvgIpc) is 2.82. The Morgan fingerprint density at radius 3 is 2.44 bits per heavy atom. The Labute approximate surface area is 95.3 Å². The molecule has 2 rings (SSSR count). The van der Waals surface area contributed by atoms with Gasteiger partial charge in [-0.3, -0.25) is 9.59 Å². The zero-order valence-corrected chi connectivity index (χ0v) is 9.77. The van der Waals surface area contributed by atoms with Crippen molar-refractivity contribution in [3.05, 3.63) is 0 Å². The van der Waals surface area contributed by atoms with Crippen LogP contribution in [0.25, 0.3) is 0 Å². The molecule has 0 spiro atoms. The summed E-state index contributed by atoms with van der Waals surface area (Å²) in [4.78, 5) is 22.4. The SMILES string of the molecule is COC(=O)CC(=O)OC1C2CCC(C2)C1C. The summed E-state index contributed by atoms with van der Waals surface area (Å²) in [6.07, 6.45) is 3.35. The smallest absolute Gasteiger partial charge is 0.317 e. The Morgan fingerprint density at radius 1 is 1.19 bits per heavy atom. The van der Waals surface area contributed by atoms with E-state index in [1.165, 1.54) is 20.0 Å². The largest absolute Gasteiger partial charge is 0.469 e. The first-order valence-corrected chi connectivity index (χ1v) is 5.88. The molecule has 0 aliphatic heterocycles. The van der Waals surface area contributed by atoms with E-state index < -0.39 is 11.9 Å². The maximum Gasteiger partial charge on any atom is 0.317 e. The Bertz CT molecular complexity index is 297. The number of ether oxygens (including phenoxy) is 2. The summed E-state index contributed by atoms with van der Waals surface area (Å²) in [5.74, 6) is 0.694. The van der Waals surface area contributed by atoms with Crippen molar-refractivity contribution in [3.8, 4) is 0 Å². The third-order valence-electron chi connectivity index (χ3n) is 4.02. The van der Waals surface area contributed by atoms with Gasteiger partial charge in [-0.25, -0.2) is 0 Å². The highest BCUT2D eigenvalue weighted by Crippen LogP contribution is 2.49. The molecule has 0 amide bonds. The molecule has 0 aromatic carbocycles.